The highest BCUT2D eigenvalue weighted by Gasteiger charge is 2.25. The van der Waals surface area contributed by atoms with Crippen LogP contribution in [0.2, 0.25) is 0 Å². The Labute approximate surface area is 329 Å². The quantitative estimate of drug-likeness (QED) is 0.0200. The monoisotopic (exact) mass is 792 g/mol. The van der Waals surface area contributed by atoms with E-state index in [2.05, 4.69) is 38.2 Å². The lowest BCUT2D eigenvalue weighted by molar-refractivity contribution is -0.147. The van der Waals surface area contributed by atoms with Crippen LogP contribution < -0.4 is 6.15 Å². The first-order valence-electron chi connectivity index (χ1n) is 21.3. The Kier molecular flexibility index (Phi) is 41.4. The first kappa shape index (κ1) is 54.5. The highest BCUT2D eigenvalue weighted by molar-refractivity contribution is 7.47. The zero-order valence-corrected chi connectivity index (χ0v) is 35.3. The topological polar surface area (TPSA) is 184 Å². The predicted octanol–water partition coefficient (Wildman–Crippen LogP) is 11.2. The van der Waals surface area contributed by atoms with E-state index in [0.717, 1.165) is 64.2 Å². The number of aliphatic hydroxyl groups excluding tert-OH is 2. The molecule has 0 aliphatic rings. The van der Waals surface area contributed by atoms with E-state index in [-0.39, 0.29) is 32.2 Å². The second-order valence-corrected chi connectivity index (χ2v) is 15.9. The fourth-order valence-electron chi connectivity index (χ4n) is 5.70. The van der Waals surface area contributed by atoms with E-state index in [4.69, 9.17) is 18.5 Å². The molecule has 0 amide bonds. The molecule has 0 radical (unpaired) electrons. The van der Waals surface area contributed by atoms with Crippen molar-refractivity contribution >= 4 is 19.8 Å². The van der Waals surface area contributed by atoms with Crippen LogP contribution in [0.25, 0.3) is 0 Å². The Balaban J connectivity index is 0. The van der Waals surface area contributed by atoms with Crippen molar-refractivity contribution in [1.82, 2.24) is 6.15 Å². The molecule has 0 aromatic heterocycles. The third kappa shape index (κ3) is 41.6. The number of esters is 2. The van der Waals surface area contributed by atoms with Crippen molar-refractivity contribution in [3.05, 3.63) is 24.3 Å². The van der Waals surface area contributed by atoms with Gasteiger partial charge in [-0.25, -0.2) is 4.57 Å². The van der Waals surface area contributed by atoms with Crippen LogP contribution in [0.3, 0.4) is 0 Å². The number of carbonyl (C=O) groups excluding carboxylic acids is 2. The average Bonchev–Trinajstić information content (AvgIpc) is 3.14. The lowest BCUT2D eigenvalue weighted by Gasteiger charge is -2.17. The van der Waals surface area contributed by atoms with Crippen molar-refractivity contribution in [2.75, 3.05) is 26.4 Å². The normalized spacial score (nSPS) is 13.9. The smallest absolute Gasteiger partial charge is 0.463 e. The van der Waals surface area contributed by atoms with Crippen molar-refractivity contribution in [3.63, 3.8) is 0 Å². The molecule has 11 nitrogen and oxygen atoms in total. The summed E-state index contributed by atoms with van der Waals surface area (Å²) < 4.78 is 31.7. The number of unbranched alkanes of at least 4 members (excludes halogenated alkanes) is 22. The maximum atomic E-state index is 12.1. The second-order valence-electron chi connectivity index (χ2n) is 14.4. The summed E-state index contributed by atoms with van der Waals surface area (Å²) >= 11 is 0. The highest BCUT2D eigenvalue weighted by atomic mass is 31.2. The molecule has 0 aromatic carbocycles. The van der Waals surface area contributed by atoms with E-state index in [1.54, 1.807) is 0 Å². The Morgan fingerprint density at radius 3 is 1.07 bits per heavy atom. The molecule has 0 aliphatic heterocycles. The van der Waals surface area contributed by atoms with Crippen LogP contribution in [0.1, 0.15) is 194 Å². The Hall–Kier alpha value is -1.59. The molecule has 0 saturated heterocycles. The molecule has 0 fully saturated rings. The van der Waals surface area contributed by atoms with Crippen LogP contribution in [-0.4, -0.2) is 65.7 Å². The number of ether oxygens (including phenoxy) is 2. The van der Waals surface area contributed by atoms with Crippen LogP contribution in [0.15, 0.2) is 24.3 Å². The number of carbonyl (C=O) groups is 2. The van der Waals surface area contributed by atoms with Gasteiger partial charge in [-0.05, 0) is 64.2 Å². The summed E-state index contributed by atoms with van der Waals surface area (Å²) in [5.74, 6) is -0.889. The molecule has 2 unspecified atom stereocenters. The second kappa shape index (κ2) is 41.1. The molecule has 54 heavy (non-hydrogen) atoms. The summed E-state index contributed by atoms with van der Waals surface area (Å²) in [4.78, 5) is 33.8. The Morgan fingerprint density at radius 2 is 0.759 bits per heavy atom. The van der Waals surface area contributed by atoms with Crippen molar-refractivity contribution < 1.29 is 47.8 Å². The molecule has 6 N–H and O–H groups in total. The molecule has 0 spiro atoms. The van der Waals surface area contributed by atoms with Crippen LogP contribution in [0.4, 0.5) is 0 Å². The van der Waals surface area contributed by atoms with Crippen LogP contribution in [0.5, 0.6) is 0 Å². The summed E-state index contributed by atoms with van der Waals surface area (Å²) in [5.41, 5.74) is 0. The third-order valence-corrected chi connectivity index (χ3v) is 9.97. The average molecular weight is 792 g/mol. The summed E-state index contributed by atoms with van der Waals surface area (Å²) in [7, 11) is -4.60. The van der Waals surface area contributed by atoms with Gasteiger partial charge in [-0.2, -0.15) is 0 Å². The van der Waals surface area contributed by atoms with Crippen LogP contribution in [0, 0.1) is 0 Å². The number of phosphoric ester groups is 1. The molecular weight excluding hydrogens is 709 g/mol. The van der Waals surface area contributed by atoms with E-state index in [9.17, 15) is 29.3 Å². The number of aliphatic hydroxyl groups is 2. The minimum Gasteiger partial charge on any atom is -0.463 e. The molecule has 2 atom stereocenters. The molecule has 0 aliphatic carbocycles. The SMILES string of the molecule is CCCCCCCCC=CCCCCCCCC(=O)OCC(O)COP(=O)(O)OCC(O)COC(=O)CCCCCCCC=CCCCCCCCC.N. The first-order valence-corrected chi connectivity index (χ1v) is 22.8. The summed E-state index contributed by atoms with van der Waals surface area (Å²) in [6, 6.07) is 0. The van der Waals surface area contributed by atoms with Crippen LogP contribution >= 0.6 is 7.82 Å². The fraction of sp³-hybridized carbons (Fsp3) is 0.857. The number of rotatable bonds is 40. The van der Waals surface area contributed by atoms with E-state index in [1.165, 1.54) is 89.9 Å². The van der Waals surface area contributed by atoms with Crippen LogP contribution in [-0.2, 0) is 32.7 Å². The third-order valence-electron chi connectivity index (χ3n) is 9.02. The number of hydrogen-bond acceptors (Lipinski definition) is 10. The molecule has 0 rings (SSSR count). The van der Waals surface area contributed by atoms with E-state index < -0.39 is 45.2 Å². The van der Waals surface area contributed by atoms with Gasteiger partial charge in [0.2, 0.25) is 0 Å². The predicted molar refractivity (Wildman–Crippen MR) is 220 cm³/mol. The minimum atomic E-state index is -4.60. The first-order chi connectivity index (χ1) is 25.7. The largest absolute Gasteiger partial charge is 0.472 e. The van der Waals surface area contributed by atoms with Crippen molar-refractivity contribution in [3.8, 4) is 0 Å². The van der Waals surface area contributed by atoms with Crippen molar-refractivity contribution in [1.29, 1.82) is 0 Å². The number of phosphoric acid groups is 1. The van der Waals surface area contributed by atoms with Gasteiger partial charge in [0.15, 0.2) is 0 Å². The summed E-state index contributed by atoms with van der Waals surface area (Å²) in [6.07, 6.45) is 37.3. The maximum Gasteiger partial charge on any atom is 0.472 e. The Morgan fingerprint density at radius 1 is 0.481 bits per heavy atom. The van der Waals surface area contributed by atoms with Gasteiger partial charge in [0.25, 0.3) is 0 Å². The highest BCUT2D eigenvalue weighted by Crippen LogP contribution is 2.43. The summed E-state index contributed by atoms with van der Waals surface area (Å²) in [5, 5.41) is 20.0. The molecule has 320 valence electrons. The zero-order chi connectivity index (χ0) is 39.1. The molecule has 0 bridgehead atoms. The fourth-order valence-corrected chi connectivity index (χ4v) is 6.49. The van der Waals surface area contributed by atoms with Gasteiger partial charge in [-0.15, -0.1) is 0 Å². The standard InChI is InChI=1S/C42H79O10P.H3N/c1-3-5-7-9-11-13-15-17-19-21-23-25-27-29-31-33-41(45)49-35-39(43)37-51-53(47,48)52-38-40(44)36-50-42(46)34-32-30-28-26-24-22-20-18-16-14-12-10-8-6-4-2;/h17-20,39-40,43-44H,3-16,21-38H2,1-2H3,(H,47,48);1H3. The molecule has 0 saturated carbocycles. The van der Waals surface area contributed by atoms with Gasteiger partial charge in [0, 0.05) is 12.8 Å². The van der Waals surface area contributed by atoms with Gasteiger partial charge < -0.3 is 30.7 Å². The lowest BCUT2D eigenvalue weighted by atomic mass is 10.1. The molecule has 12 heteroatoms. The van der Waals surface area contributed by atoms with E-state index in [0.29, 0.717) is 12.8 Å². The van der Waals surface area contributed by atoms with Gasteiger partial charge in [-0.3, -0.25) is 18.6 Å². The Bertz CT molecular complexity index is 878. The number of hydrogen-bond donors (Lipinski definition) is 4. The van der Waals surface area contributed by atoms with Gasteiger partial charge >= 0.3 is 19.8 Å². The van der Waals surface area contributed by atoms with Gasteiger partial charge in [-0.1, -0.05) is 141 Å². The zero-order valence-electron chi connectivity index (χ0n) is 34.4. The van der Waals surface area contributed by atoms with Crippen molar-refractivity contribution in [2.24, 2.45) is 0 Å². The molecule has 0 aromatic rings. The van der Waals surface area contributed by atoms with Gasteiger partial charge in [0.05, 0.1) is 13.2 Å². The molecule has 0 heterocycles. The minimum absolute atomic E-state index is 0. The summed E-state index contributed by atoms with van der Waals surface area (Å²) in [6.45, 7) is 2.52. The van der Waals surface area contributed by atoms with E-state index >= 15 is 0 Å². The van der Waals surface area contributed by atoms with E-state index in [1.807, 2.05) is 0 Å². The van der Waals surface area contributed by atoms with Gasteiger partial charge in [0.1, 0.15) is 25.4 Å². The van der Waals surface area contributed by atoms with Crippen molar-refractivity contribution in [2.45, 2.75) is 206 Å². The lowest BCUT2D eigenvalue weighted by Crippen LogP contribution is -2.25. The molecular formula is C42H82NO10P. The maximum absolute atomic E-state index is 12.1. The number of allylic oxidation sites excluding steroid dienone is 4.